The lowest BCUT2D eigenvalue weighted by atomic mass is 10.2. The fourth-order valence-corrected chi connectivity index (χ4v) is 0.919. The molecule has 0 aromatic heterocycles. The van der Waals surface area contributed by atoms with Crippen molar-refractivity contribution >= 4 is 0 Å². The van der Waals surface area contributed by atoms with E-state index in [1.807, 2.05) is 31.2 Å². The number of rotatable bonds is 3. The number of para-hydroxylation sites is 1. The Bertz CT molecular complexity index is 336. The predicted molar refractivity (Wildman–Crippen MR) is 51.5 cm³/mol. The summed E-state index contributed by atoms with van der Waals surface area (Å²) >= 11 is 0. The van der Waals surface area contributed by atoms with Crippen LogP contribution in [0.5, 0.6) is 5.75 Å². The normalized spacial score (nSPS) is 9.85. The molecule has 0 aliphatic rings. The first kappa shape index (κ1) is 9.34. The highest BCUT2D eigenvalue weighted by Crippen LogP contribution is 2.16. The Hall–Kier alpha value is -1.75. The largest absolute Gasteiger partial charge is 0.488 e. The van der Waals surface area contributed by atoms with Gasteiger partial charge in [-0.2, -0.15) is 5.26 Å². The van der Waals surface area contributed by atoms with Gasteiger partial charge in [0, 0.05) is 0 Å². The van der Waals surface area contributed by atoms with Crippen LogP contribution in [0.1, 0.15) is 12.5 Å². The molecule has 0 bridgehead atoms. The number of allylic oxidation sites excluding steroid dienone is 1. The van der Waals surface area contributed by atoms with Crippen molar-refractivity contribution in [2.75, 3.05) is 6.61 Å². The number of benzene rings is 1. The summed E-state index contributed by atoms with van der Waals surface area (Å²) in [6.45, 7) is 2.44. The Kier molecular flexibility index (Phi) is 3.59. The van der Waals surface area contributed by atoms with E-state index < -0.39 is 0 Å². The Labute approximate surface area is 78.1 Å². The van der Waals surface area contributed by atoms with E-state index in [4.69, 9.17) is 10.00 Å². The van der Waals surface area contributed by atoms with Crippen LogP contribution in [0.4, 0.5) is 0 Å². The molecule has 0 spiro atoms. The van der Waals surface area contributed by atoms with Crippen LogP contribution in [0.3, 0.4) is 0 Å². The molecule has 2 heteroatoms. The molecule has 0 amide bonds. The van der Waals surface area contributed by atoms with E-state index in [1.165, 1.54) is 0 Å². The molecule has 1 aromatic rings. The maximum Gasteiger partial charge on any atom is 0.137 e. The first-order valence-electron chi connectivity index (χ1n) is 4.11. The van der Waals surface area contributed by atoms with Crippen molar-refractivity contribution < 1.29 is 4.74 Å². The molecule has 0 aliphatic heterocycles. The number of ether oxygens (including phenoxy) is 1. The molecule has 0 radical (unpaired) electrons. The molecule has 0 saturated heterocycles. The third-order valence-corrected chi connectivity index (χ3v) is 1.58. The van der Waals surface area contributed by atoms with Gasteiger partial charge in [0.25, 0.3) is 0 Å². The Balaban J connectivity index is 2.71. The van der Waals surface area contributed by atoms with Crippen molar-refractivity contribution in [1.29, 1.82) is 5.26 Å². The van der Waals surface area contributed by atoms with Gasteiger partial charge in [-0.05, 0) is 19.1 Å². The van der Waals surface area contributed by atoms with E-state index in [2.05, 4.69) is 6.07 Å². The number of nitrogens with zero attached hydrogens (tertiary/aromatic N) is 1. The van der Waals surface area contributed by atoms with Gasteiger partial charge < -0.3 is 4.74 Å². The smallest absolute Gasteiger partial charge is 0.137 e. The summed E-state index contributed by atoms with van der Waals surface area (Å²) in [7, 11) is 0. The van der Waals surface area contributed by atoms with E-state index in [-0.39, 0.29) is 0 Å². The summed E-state index contributed by atoms with van der Waals surface area (Å²) in [5, 5.41) is 8.73. The molecule has 1 aromatic carbocycles. The summed E-state index contributed by atoms with van der Waals surface area (Å²) in [6, 6.07) is 9.28. The van der Waals surface area contributed by atoms with Crippen molar-refractivity contribution in [2.45, 2.75) is 6.92 Å². The van der Waals surface area contributed by atoms with Crippen molar-refractivity contribution in [3.05, 3.63) is 42.0 Å². The Morgan fingerprint density at radius 1 is 1.46 bits per heavy atom. The summed E-state index contributed by atoms with van der Waals surface area (Å²) < 4.78 is 5.36. The molecular weight excluding hydrogens is 162 g/mol. The van der Waals surface area contributed by atoms with Gasteiger partial charge in [-0.1, -0.05) is 24.3 Å². The van der Waals surface area contributed by atoms with Gasteiger partial charge in [-0.25, -0.2) is 0 Å². The van der Waals surface area contributed by atoms with Crippen molar-refractivity contribution in [3.63, 3.8) is 0 Å². The van der Waals surface area contributed by atoms with Crippen LogP contribution < -0.4 is 4.74 Å². The molecule has 0 atom stereocenters. The lowest BCUT2D eigenvalue weighted by molar-refractivity contribution is 0.361. The summed E-state index contributed by atoms with van der Waals surface area (Å²) in [5.41, 5.74) is 0.576. The molecule has 0 aliphatic carbocycles. The second-order valence-electron chi connectivity index (χ2n) is 2.49. The fourth-order valence-electron chi connectivity index (χ4n) is 0.919. The van der Waals surface area contributed by atoms with Gasteiger partial charge in [0.05, 0.1) is 5.56 Å². The minimum absolute atomic E-state index is 0.509. The minimum Gasteiger partial charge on any atom is -0.488 e. The highest BCUT2D eigenvalue weighted by Gasteiger charge is 1.98. The van der Waals surface area contributed by atoms with Gasteiger partial charge in [-0.15, -0.1) is 0 Å². The number of nitriles is 1. The third-order valence-electron chi connectivity index (χ3n) is 1.58. The van der Waals surface area contributed by atoms with Crippen LogP contribution >= 0.6 is 0 Å². The monoisotopic (exact) mass is 173 g/mol. The van der Waals surface area contributed by atoms with Crippen LogP contribution in [-0.4, -0.2) is 6.61 Å². The zero-order chi connectivity index (χ0) is 9.52. The minimum atomic E-state index is 0.509. The molecule has 0 heterocycles. The molecule has 0 saturated carbocycles. The molecule has 13 heavy (non-hydrogen) atoms. The first-order valence-corrected chi connectivity index (χ1v) is 4.11. The second-order valence-corrected chi connectivity index (χ2v) is 2.49. The van der Waals surface area contributed by atoms with Crippen molar-refractivity contribution in [2.24, 2.45) is 0 Å². The van der Waals surface area contributed by atoms with E-state index in [0.717, 1.165) is 0 Å². The molecular formula is C11H11NO. The summed E-state index contributed by atoms with van der Waals surface area (Å²) in [5.74, 6) is 0.642. The van der Waals surface area contributed by atoms with Crippen molar-refractivity contribution in [1.82, 2.24) is 0 Å². The van der Waals surface area contributed by atoms with Gasteiger partial charge in [0.15, 0.2) is 0 Å². The average Bonchev–Trinajstić information content (AvgIpc) is 2.19. The molecule has 0 unspecified atom stereocenters. The Morgan fingerprint density at radius 2 is 2.23 bits per heavy atom. The van der Waals surface area contributed by atoms with Crippen LogP contribution in [0.25, 0.3) is 0 Å². The van der Waals surface area contributed by atoms with Gasteiger partial charge in [-0.3, -0.25) is 0 Å². The SMILES string of the molecule is C/C=C/COc1ccccc1C#N. The maximum atomic E-state index is 8.73. The van der Waals surface area contributed by atoms with Gasteiger partial charge in [0.1, 0.15) is 18.4 Å². The van der Waals surface area contributed by atoms with Crippen LogP contribution in [0.15, 0.2) is 36.4 Å². The van der Waals surface area contributed by atoms with Gasteiger partial charge in [0.2, 0.25) is 0 Å². The molecule has 1 rings (SSSR count). The standard InChI is InChI=1S/C11H11NO/c1-2-3-8-13-11-7-5-4-6-10(11)9-12/h2-7H,8H2,1H3/b3-2+. The molecule has 2 nitrogen and oxygen atoms in total. The molecule has 66 valence electrons. The summed E-state index contributed by atoms with van der Waals surface area (Å²) in [4.78, 5) is 0. The quantitative estimate of drug-likeness (QED) is 0.658. The highest BCUT2D eigenvalue weighted by molar-refractivity contribution is 5.42. The Morgan fingerprint density at radius 3 is 2.92 bits per heavy atom. The van der Waals surface area contributed by atoms with Crippen LogP contribution in [0.2, 0.25) is 0 Å². The van der Waals surface area contributed by atoms with Crippen LogP contribution in [0, 0.1) is 11.3 Å². The zero-order valence-corrected chi connectivity index (χ0v) is 7.53. The first-order chi connectivity index (χ1) is 6.38. The zero-order valence-electron chi connectivity index (χ0n) is 7.53. The van der Waals surface area contributed by atoms with E-state index in [1.54, 1.807) is 12.1 Å². The molecule has 0 fully saturated rings. The number of hydrogen-bond acceptors (Lipinski definition) is 2. The van der Waals surface area contributed by atoms with Crippen molar-refractivity contribution in [3.8, 4) is 11.8 Å². The van der Waals surface area contributed by atoms with Gasteiger partial charge >= 0.3 is 0 Å². The topological polar surface area (TPSA) is 33.0 Å². The second kappa shape index (κ2) is 5.00. The average molecular weight is 173 g/mol. The van der Waals surface area contributed by atoms with Crippen LogP contribution in [-0.2, 0) is 0 Å². The van der Waals surface area contributed by atoms with E-state index in [9.17, 15) is 0 Å². The lowest BCUT2D eigenvalue weighted by Crippen LogP contribution is -1.95. The highest BCUT2D eigenvalue weighted by atomic mass is 16.5. The lowest BCUT2D eigenvalue weighted by Gasteiger charge is -2.03. The van der Waals surface area contributed by atoms with E-state index in [0.29, 0.717) is 17.9 Å². The number of hydrogen-bond donors (Lipinski definition) is 0. The molecule has 0 N–H and O–H groups in total. The fraction of sp³-hybridized carbons (Fsp3) is 0.182. The third kappa shape index (κ3) is 2.64. The predicted octanol–water partition coefficient (Wildman–Crippen LogP) is 2.51. The maximum absolute atomic E-state index is 8.73. The summed E-state index contributed by atoms with van der Waals surface area (Å²) in [6.07, 6.45) is 3.81. The van der Waals surface area contributed by atoms with E-state index >= 15 is 0 Å².